The SMILES string of the molecule is Cc1ccccc1NC(=O)N[C@@H]1COc2ccccc2C1. The van der Waals surface area contributed by atoms with Crippen LogP contribution in [0.4, 0.5) is 10.5 Å². The molecule has 0 fully saturated rings. The molecular weight excluding hydrogens is 264 g/mol. The molecule has 1 atom stereocenters. The predicted molar refractivity (Wildman–Crippen MR) is 82.8 cm³/mol. The van der Waals surface area contributed by atoms with Gasteiger partial charge in [0.1, 0.15) is 12.4 Å². The second-order valence-corrected chi connectivity index (χ2v) is 5.23. The highest BCUT2D eigenvalue weighted by Gasteiger charge is 2.21. The van der Waals surface area contributed by atoms with E-state index in [2.05, 4.69) is 10.6 Å². The van der Waals surface area contributed by atoms with Crippen LogP contribution in [0, 0.1) is 6.92 Å². The van der Waals surface area contributed by atoms with Gasteiger partial charge >= 0.3 is 6.03 Å². The molecule has 2 amide bonds. The second kappa shape index (κ2) is 5.87. The Kier molecular flexibility index (Phi) is 3.77. The lowest BCUT2D eigenvalue weighted by Crippen LogP contribution is -2.44. The summed E-state index contributed by atoms with van der Waals surface area (Å²) in [7, 11) is 0. The molecule has 4 heteroatoms. The van der Waals surface area contributed by atoms with Gasteiger partial charge in [-0.25, -0.2) is 4.79 Å². The fraction of sp³-hybridized carbons (Fsp3) is 0.235. The number of carbonyl (C=O) groups is 1. The average Bonchev–Trinajstić information content (AvgIpc) is 2.49. The number of urea groups is 1. The summed E-state index contributed by atoms with van der Waals surface area (Å²) >= 11 is 0. The van der Waals surface area contributed by atoms with Gasteiger partial charge in [0.2, 0.25) is 0 Å². The van der Waals surface area contributed by atoms with Crippen molar-refractivity contribution in [2.75, 3.05) is 11.9 Å². The van der Waals surface area contributed by atoms with Crippen LogP contribution in [0.2, 0.25) is 0 Å². The summed E-state index contributed by atoms with van der Waals surface area (Å²) in [5.41, 5.74) is 3.00. The first-order valence-corrected chi connectivity index (χ1v) is 7.06. The molecule has 0 radical (unpaired) electrons. The van der Waals surface area contributed by atoms with Crippen LogP contribution in [-0.4, -0.2) is 18.7 Å². The van der Waals surface area contributed by atoms with E-state index in [4.69, 9.17) is 4.74 Å². The van der Waals surface area contributed by atoms with Crippen LogP contribution < -0.4 is 15.4 Å². The lowest BCUT2D eigenvalue weighted by molar-refractivity contribution is 0.222. The molecule has 1 heterocycles. The van der Waals surface area contributed by atoms with Gasteiger partial charge in [-0.3, -0.25) is 0 Å². The number of carbonyl (C=O) groups excluding carboxylic acids is 1. The molecule has 108 valence electrons. The van der Waals surface area contributed by atoms with Crippen molar-refractivity contribution in [1.82, 2.24) is 5.32 Å². The quantitative estimate of drug-likeness (QED) is 0.889. The fourth-order valence-electron chi connectivity index (χ4n) is 2.48. The van der Waals surface area contributed by atoms with Crippen LogP contribution in [0.25, 0.3) is 0 Å². The summed E-state index contributed by atoms with van der Waals surface area (Å²) < 4.78 is 5.67. The molecule has 0 aliphatic carbocycles. The second-order valence-electron chi connectivity index (χ2n) is 5.23. The van der Waals surface area contributed by atoms with Gasteiger partial charge in [-0.1, -0.05) is 36.4 Å². The number of fused-ring (bicyclic) bond motifs is 1. The van der Waals surface area contributed by atoms with Crippen molar-refractivity contribution >= 4 is 11.7 Å². The molecule has 2 aromatic rings. The average molecular weight is 282 g/mol. The molecule has 4 nitrogen and oxygen atoms in total. The largest absolute Gasteiger partial charge is 0.491 e. The zero-order valence-electron chi connectivity index (χ0n) is 11.9. The predicted octanol–water partition coefficient (Wildman–Crippen LogP) is 3.12. The van der Waals surface area contributed by atoms with Crippen molar-refractivity contribution in [3.8, 4) is 5.75 Å². The van der Waals surface area contributed by atoms with Crippen LogP contribution in [0.15, 0.2) is 48.5 Å². The maximum absolute atomic E-state index is 12.1. The number of anilines is 1. The molecule has 0 spiro atoms. The first-order chi connectivity index (χ1) is 10.2. The van der Waals surface area contributed by atoms with E-state index < -0.39 is 0 Å². The van der Waals surface area contributed by atoms with Gasteiger partial charge in [0.25, 0.3) is 0 Å². The summed E-state index contributed by atoms with van der Waals surface area (Å²) in [6.07, 6.45) is 0.789. The highest BCUT2D eigenvalue weighted by Crippen LogP contribution is 2.24. The van der Waals surface area contributed by atoms with E-state index in [-0.39, 0.29) is 12.1 Å². The molecule has 21 heavy (non-hydrogen) atoms. The third-order valence-corrected chi connectivity index (χ3v) is 3.61. The van der Waals surface area contributed by atoms with Gasteiger partial charge in [0, 0.05) is 5.69 Å². The van der Waals surface area contributed by atoms with Crippen molar-refractivity contribution < 1.29 is 9.53 Å². The maximum atomic E-state index is 12.1. The molecule has 2 aromatic carbocycles. The fourth-order valence-corrected chi connectivity index (χ4v) is 2.48. The number of amides is 2. The molecular formula is C17H18N2O2. The number of hydrogen-bond donors (Lipinski definition) is 2. The highest BCUT2D eigenvalue weighted by atomic mass is 16.5. The number of hydrogen-bond acceptors (Lipinski definition) is 2. The summed E-state index contributed by atoms with van der Waals surface area (Å²) in [5, 5.41) is 5.84. The lowest BCUT2D eigenvalue weighted by atomic mass is 10.0. The Balaban J connectivity index is 1.60. The maximum Gasteiger partial charge on any atom is 0.319 e. The number of rotatable bonds is 2. The number of aryl methyl sites for hydroxylation is 1. The summed E-state index contributed by atoms with van der Waals surface area (Å²) in [4.78, 5) is 12.1. The third-order valence-electron chi connectivity index (χ3n) is 3.61. The number of para-hydroxylation sites is 2. The molecule has 0 bridgehead atoms. The Bertz CT molecular complexity index is 655. The van der Waals surface area contributed by atoms with E-state index in [1.807, 2.05) is 55.5 Å². The van der Waals surface area contributed by atoms with Gasteiger partial charge in [0.05, 0.1) is 6.04 Å². The van der Waals surface area contributed by atoms with Gasteiger partial charge in [0.15, 0.2) is 0 Å². The first-order valence-electron chi connectivity index (χ1n) is 7.06. The van der Waals surface area contributed by atoms with Gasteiger partial charge in [-0.2, -0.15) is 0 Å². The number of nitrogens with one attached hydrogen (secondary N) is 2. The number of ether oxygens (including phenoxy) is 1. The van der Waals surface area contributed by atoms with Crippen LogP contribution in [-0.2, 0) is 6.42 Å². The summed E-state index contributed by atoms with van der Waals surface area (Å²) in [5.74, 6) is 0.912. The topological polar surface area (TPSA) is 50.4 Å². The Hall–Kier alpha value is -2.49. The first kappa shape index (κ1) is 13.5. The zero-order chi connectivity index (χ0) is 14.7. The molecule has 0 aromatic heterocycles. The van der Waals surface area contributed by atoms with Crippen molar-refractivity contribution in [3.63, 3.8) is 0 Å². The summed E-state index contributed by atoms with van der Waals surface area (Å²) in [6, 6.07) is 15.4. The molecule has 1 aliphatic heterocycles. The van der Waals surface area contributed by atoms with E-state index >= 15 is 0 Å². The minimum Gasteiger partial charge on any atom is -0.491 e. The van der Waals surface area contributed by atoms with Crippen molar-refractivity contribution in [1.29, 1.82) is 0 Å². The minimum atomic E-state index is -0.197. The molecule has 0 unspecified atom stereocenters. The highest BCUT2D eigenvalue weighted by molar-refractivity contribution is 5.90. The third kappa shape index (κ3) is 3.16. The Labute approximate surface area is 124 Å². The van der Waals surface area contributed by atoms with Gasteiger partial charge in [-0.05, 0) is 36.6 Å². The van der Waals surface area contributed by atoms with Crippen LogP contribution >= 0.6 is 0 Å². The van der Waals surface area contributed by atoms with Gasteiger partial charge < -0.3 is 15.4 Å². The van der Waals surface area contributed by atoms with Crippen molar-refractivity contribution in [3.05, 3.63) is 59.7 Å². The Morgan fingerprint density at radius 2 is 1.90 bits per heavy atom. The van der Waals surface area contributed by atoms with E-state index in [1.54, 1.807) is 0 Å². The Morgan fingerprint density at radius 1 is 1.14 bits per heavy atom. The van der Waals surface area contributed by atoms with Crippen LogP contribution in [0.1, 0.15) is 11.1 Å². The van der Waals surface area contributed by atoms with Crippen molar-refractivity contribution in [2.45, 2.75) is 19.4 Å². The molecule has 2 N–H and O–H groups in total. The summed E-state index contributed by atoms with van der Waals surface area (Å²) in [6.45, 7) is 2.47. The monoisotopic (exact) mass is 282 g/mol. The Morgan fingerprint density at radius 3 is 2.76 bits per heavy atom. The molecule has 3 rings (SSSR count). The lowest BCUT2D eigenvalue weighted by Gasteiger charge is -2.26. The van der Waals surface area contributed by atoms with Crippen molar-refractivity contribution in [2.24, 2.45) is 0 Å². The van der Waals surface area contributed by atoms with Gasteiger partial charge in [-0.15, -0.1) is 0 Å². The van der Waals surface area contributed by atoms with E-state index in [1.165, 1.54) is 0 Å². The van der Waals surface area contributed by atoms with Crippen LogP contribution in [0.5, 0.6) is 5.75 Å². The zero-order valence-corrected chi connectivity index (χ0v) is 11.9. The van der Waals surface area contributed by atoms with E-state index in [0.29, 0.717) is 6.61 Å². The normalized spacial score (nSPS) is 16.5. The molecule has 1 aliphatic rings. The molecule has 0 saturated carbocycles. The number of benzene rings is 2. The molecule has 0 saturated heterocycles. The smallest absolute Gasteiger partial charge is 0.319 e. The minimum absolute atomic E-state index is 0.0103. The standard InChI is InChI=1S/C17H18N2O2/c1-12-6-2-4-8-15(12)19-17(20)18-14-10-13-7-3-5-9-16(13)21-11-14/h2-9,14H,10-11H2,1H3,(H2,18,19,20)/t14-/m0/s1. The van der Waals surface area contributed by atoms with Crippen LogP contribution in [0.3, 0.4) is 0 Å². The van der Waals surface area contributed by atoms with E-state index in [0.717, 1.165) is 29.0 Å². The van der Waals surface area contributed by atoms with E-state index in [9.17, 15) is 4.79 Å².